The summed E-state index contributed by atoms with van der Waals surface area (Å²) in [5.41, 5.74) is -0.199. The van der Waals surface area contributed by atoms with E-state index in [-0.39, 0.29) is 0 Å². The van der Waals surface area contributed by atoms with Gasteiger partial charge in [-0.3, -0.25) is 5.32 Å². The molecule has 0 aliphatic rings. The third kappa shape index (κ3) is 3.07. The van der Waals surface area contributed by atoms with Gasteiger partial charge in [0.1, 0.15) is 5.54 Å². The van der Waals surface area contributed by atoms with E-state index in [0.717, 1.165) is 16.5 Å². The van der Waals surface area contributed by atoms with Gasteiger partial charge in [0.2, 0.25) is 0 Å². The molecule has 1 atom stereocenters. The van der Waals surface area contributed by atoms with Gasteiger partial charge in [0.25, 0.3) is 0 Å². The zero-order valence-corrected chi connectivity index (χ0v) is 11.8. The van der Waals surface area contributed by atoms with Crippen LogP contribution in [0.25, 0.3) is 0 Å². The number of benzene rings is 1. The number of hydrogen-bond donors (Lipinski definition) is 2. The van der Waals surface area contributed by atoms with Crippen molar-refractivity contribution in [3.63, 3.8) is 0 Å². The number of carboxylic acid groups (broad SMARTS) is 1. The Morgan fingerprint density at radius 1 is 1.47 bits per heavy atom. The van der Waals surface area contributed by atoms with Crippen LogP contribution in [0.2, 0.25) is 0 Å². The van der Waals surface area contributed by atoms with Gasteiger partial charge < -0.3 is 5.11 Å². The molecule has 0 amide bonds. The fourth-order valence-corrected chi connectivity index (χ4v) is 2.27. The van der Waals surface area contributed by atoms with Crippen molar-refractivity contribution >= 4 is 21.9 Å². The van der Waals surface area contributed by atoms with E-state index >= 15 is 0 Å². The first kappa shape index (κ1) is 14.2. The Balaban J connectivity index is 3.16. The van der Waals surface area contributed by atoms with Crippen LogP contribution in [0.3, 0.4) is 0 Å². The second-order valence-electron chi connectivity index (χ2n) is 4.00. The first-order valence-corrected chi connectivity index (χ1v) is 6.60. The second-order valence-corrected chi connectivity index (χ2v) is 4.92. The highest BCUT2D eigenvalue weighted by Crippen LogP contribution is 2.27. The summed E-state index contributed by atoms with van der Waals surface area (Å²) in [5, 5.41) is 12.7. The van der Waals surface area contributed by atoms with Gasteiger partial charge in [0.15, 0.2) is 0 Å². The first-order valence-electron chi connectivity index (χ1n) is 5.81. The van der Waals surface area contributed by atoms with Crippen LogP contribution in [0.4, 0.5) is 0 Å². The Morgan fingerprint density at radius 2 is 2.18 bits per heavy atom. The van der Waals surface area contributed by atoms with Gasteiger partial charge in [-0.1, -0.05) is 41.9 Å². The van der Waals surface area contributed by atoms with Crippen LogP contribution in [-0.2, 0) is 10.3 Å². The van der Waals surface area contributed by atoms with E-state index < -0.39 is 11.5 Å². The predicted molar refractivity (Wildman–Crippen MR) is 72.0 cm³/mol. The average Bonchev–Trinajstić information content (AvgIpc) is 2.30. The largest absolute Gasteiger partial charge is 0.480 e. The van der Waals surface area contributed by atoms with Crippen molar-refractivity contribution in [1.29, 1.82) is 0 Å². The third-order valence-electron chi connectivity index (χ3n) is 2.89. The van der Waals surface area contributed by atoms with Crippen molar-refractivity contribution < 1.29 is 9.90 Å². The lowest BCUT2D eigenvalue weighted by Crippen LogP contribution is -2.49. The van der Waals surface area contributed by atoms with E-state index in [9.17, 15) is 9.90 Å². The van der Waals surface area contributed by atoms with Gasteiger partial charge in [0.05, 0.1) is 0 Å². The number of nitrogens with one attached hydrogen (secondary N) is 1. The molecule has 1 rings (SSSR count). The molecule has 0 aliphatic heterocycles. The predicted octanol–water partition coefficient (Wildman–Crippen LogP) is 3.14. The minimum Gasteiger partial charge on any atom is -0.480 e. The molecular weight excluding hydrogens is 282 g/mol. The smallest absolute Gasteiger partial charge is 0.328 e. The molecule has 1 aromatic carbocycles. The maximum Gasteiger partial charge on any atom is 0.328 e. The van der Waals surface area contributed by atoms with Crippen LogP contribution < -0.4 is 5.32 Å². The van der Waals surface area contributed by atoms with Gasteiger partial charge in [-0.2, -0.15) is 0 Å². The van der Waals surface area contributed by atoms with Crippen LogP contribution >= 0.6 is 15.9 Å². The monoisotopic (exact) mass is 299 g/mol. The standard InChI is InChI=1S/C13H18BrNO2/c1-3-8-15-13(4-2,12(16)17)10-6-5-7-11(14)9-10/h5-7,9,15H,3-4,8H2,1-2H3,(H,16,17). The van der Waals surface area contributed by atoms with Crippen LogP contribution in [0, 0.1) is 0 Å². The Bertz CT molecular complexity index is 395. The van der Waals surface area contributed by atoms with Gasteiger partial charge in [-0.25, -0.2) is 4.79 Å². The molecule has 0 heterocycles. The summed E-state index contributed by atoms with van der Waals surface area (Å²) in [6.07, 6.45) is 1.42. The maximum atomic E-state index is 11.6. The quantitative estimate of drug-likeness (QED) is 0.848. The summed E-state index contributed by atoms with van der Waals surface area (Å²) in [5.74, 6) is -0.827. The molecule has 94 valence electrons. The molecule has 0 aromatic heterocycles. The molecule has 1 aromatic rings. The lowest BCUT2D eigenvalue weighted by atomic mass is 9.87. The van der Waals surface area contributed by atoms with Crippen molar-refractivity contribution in [1.82, 2.24) is 5.32 Å². The third-order valence-corrected chi connectivity index (χ3v) is 3.38. The average molecular weight is 300 g/mol. The van der Waals surface area contributed by atoms with E-state index in [1.165, 1.54) is 0 Å². The summed E-state index contributed by atoms with van der Waals surface area (Å²) in [6, 6.07) is 7.47. The van der Waals surface area contributed by atoms with E-state index in [4.69, 9.17) is 0 Å². The SMILES string of the molecule is CCCNC(CC)(C(=O)O)c1cccc(Br)c1. The molecule has 0 bridgehead atoms. The van der Waals surface area contributed by atoms with Crippen molar-refractivity contribution in [2.24, 2.45) is 0 Å². The van der Waals surface area contributed by atoms with Crippen LogP contribution in [0.15, 0.2) is 28.7 Å². The van der Waals surface area contributed by atoms with Crippen molar-refractivity contribution in [3.8, 4) is 0 Å². The van der Waals surface area contributed by atoms with E-state index in [0.29, 0.717) is 13.0 Å². The zero-order valence-electron chi connectivity index (χ0n) is 10.2. The first-order chi connectivity index (χ1) is 8.06. The molecule has 0 spiro atoms. The summed E-state index contributed by atoms with van der Waals surface area (Å²) >= 11 is 3.38. The fraction of sp³-hybridized carbons (Fsp3) is 0.462. The van der Waals surface area contributed by atoms with E-state index in [2.05, 4.69) is 21.2 Å². The van der Waals surface area contributed by atoms with Crippen molar-refractivity contribution in [2.45, 2.75) is 32.2 Å². The van der Waals surface area contributed by atoms with Gasteiger partial charge >= 0.3 is 5.97 Å². The van der Waals surface area contributed by atoms with E-state index in [1.807, 2.05) is 38.1 Å². The maximum absolute atomic E-state index is 11.6. The lowest BCUT2D eigenvalue weighted by molar-refractivity contribution is -0.145. The summed E-state index contributed by atoms with van der Waals surface area (Å²) in [7, 11) is 0. The molecule has 2 N–H and O–H groups in total. The van der Waals surface area contributed by atoms with Crippen LogP contribution in [0.5, 0.6) is 0 Å². The molecule has 0 fully saturated rings. The highest BCUT2D eigenvalue weighted by atomic mass is 79.9. The minimum atomic E-state index is -0.986. The second kappa shape index (κ2) is 6.17. The number of carbonyl (C=O) groups is 1. The number of halogens is 1. The minimum absolute atomic E-state index is 0.513. The highest BCUT2D eigenvalue weighted by molar-refractivity contribution is 9.10. The molecule has 1 unspecified atom stereocenters. The van der Waals surface area contributed by atoms with Crippen molar-refractivity contribution in [2.75, 3.05) is 6.54 Å². The normalized spacial score (nSPS) is 14.3. The Kier molecular flexibility index (Phi) is 5.15. The van der Waals surface area contributed by atoms with E-state index in [1.54, 1.807) is 0 Å². The summed E-state index contributed by atoms with van der Waals surface area (Å²) in [6.45, 7) is 4.60. The highest BCUT2D eigenvalue weighted by Gasteiger charge is 2.37. The Morgan fingerprint density at radius 3 is 2.65 bits per heavy atom. The number of carboxylic acids is 1. The Hall–Kier alpha value is -0.870. The molecular formula is C13H18BrNO2. The topological polar surface area (TPSA) is 49.3 Å². The molecule has 3 nitrogen and oxygen atoms in total. The van der Waals surface area contributed by atoms with Gasteiger partial charge in [-0.05, 0) is 37.1 Å². The summed E-state index contributed by atoms with van der Waals surface area (Å²) < 4.78 is 0.896. The number of aliphatic carboxylic acids is 1. The van der Waals surface area contributed by atoms with Crippen molar-refractivity contribution in [3.05, 3.63) is 34.3 Å². The molecule has 4 heteroatoms. The molecule has 0 saturated carbocycles. The van der Waals surface area contributed by atoms with Gasteiger partial charge in [0, 0.05) is 4.47 Å². The van der Waals surface area contributed by atoms with Crippen LogP contribution in [-0.4, -0.2) is 17.6 Å². The summed E-state index contributed by atoms with van der Waals surface area (Å²) in [4.78, 5) is 11.6. The molecule has 17 heavy (non-hydrogen) atoms. The lowest BCUT2D eigenvalue weighted by Gasteiger charge is -2.30. The number of hydrogen-bond acceptors (Lipinski definition) is 2. The zero-order chi connectivity index (χ0) is 12.9. The van der Waals surface area contributed by atoms with Crippen LogP contribution in [0.1, 0.15) is 32.3 Å². The molecule has 0 aliphatic carbocycles. The molecule has 0 radical (unpaired) electrons. The van der Waals surface area contributed by atoms with Gasteiger partial charge in [-0.15, -0.1) is 0 Å². The fourth-order valence-electron chi connectivity index (χ4n) is 1.87. The number of rotatable bonds is 6. The Labute approximate surface area is 110 Å². The molecule has 0 saturated heterocycles.